The molecular formula is C20H27N3O3. The Balaban J connectivity index is 0.000000209. The minimum Gasteiger partial charge on any atom is -0.508 e. The van der Waals surface area contributed by atoms with Gasteiger partial charge in [-0.2, -0.15) is 0 Å². The summed E-state index contributed by atoms with van der Waals surface area (Å²) in [6.07, 6.45) is 2.21. The first kappa shape index (κ1) is 19.8. The molecule has 0 aromatic heterocycles. The van der Waals surface area contributed by atoms with Crippen molar-refractivity contribution in [3.8, 4) is 11.5 Å². The predicted octanol–water partition coefficient (Wildman–Crippen LogP) is 1.78. The van der Waals surface area contributed by atoms with Crippen molar-refractivity contribution in [2.75, 3.05) is 25.0 Å². The number of hydrogen-bond acceptors (Lipinski definition) is 6. The molecule has 2 aromatic carbocycles. The number of rotatable bonds is 5. The van der Waals surface area contributed by atoms with Gasteiger partial charge in [0.05, 0.1) is 0 Å². The fourth-order valence-electron chi connectivity index (χ4n) is 2.93. The first-order valence-corrected chi connectivity index (χ1v) is 8.73. The molecule has 2 aromatic rings. The molecule has 6 heteroatoms. The first-order valence-electron chi connectivity index (χ1n) is 8.73. The van der Waals surface area contributed by atoms with Gasteiger partial charge in [0.15, 0.2) is 0 Å². The van der Waals surface area contributed by atoms with Crippen LogP contribution in [-0.4, -0.2) is 42.7 Å². The zero-order chi connectivity index (χ0) is 18.9. The van der Waals surface area contributed by atoms with E-state index in [1.54, 1.807) is 30.3 Å². The summed E-state index contributed by atoms with van der Waals surface area (Å²) in [6, 6.07) is 13.1. The third kappa shape index (κ3) is 5.21. The molecule has 1 aliphatic rings. The Labute approximate surface area is 154 Å². The largest absolute Gasteiger partial charge is 0.508 e. The van der Waals surface area contributed by atoms with Crippen molar-refractivity contribution in [2.45, 2.75) is 25.4 Å². The zero-order valence-electron chi connectivity index (χ0n) is 15.1. The number of phenols is 2. The summed E-state index contributed by atoms with van der Waals surface area (Å²) in [5, 5.41) is 22.1. The number of phenolic OH excluding ortho intramolecular Hbond substituents is 2. The summed E-state index contributed by atoms with van der Waals surface area (Å²) >= 11 is 0. The number of hydrogen-bond donors (Lipinski definition) is 4. The minimum absolute atomic E-state index is 0.189. The van der Waals surface area contributed by atoms with Crippen LogP contribution >= 0.6 is 0 Å². The number of likely N-dealkylation sites (N-methyl/N-ethyl adjacent to an activating group) is 1. The number of nitrogens with two attached hydrogens (primary N) is 1. The molecule has 1 saturated heterocycles. The van der Waals surface area contributed by atoms with Crippen molar-refractivity contribution in [1.29, 1.82) is 0 Å². The predicted molar refractivity (Wildman–Crippen MR) is 104 cm³/mol. The van der Waals surface area contributed by atoms with Gasteiger partial charge < -0.3 is 31.0 Å². The molecule has 1 aliphatic heterocycles. The van der Waals surface area contributed by atoms with E-state index in [4.69, 9.17) is 10.8 Å². The molecule has 0 amide bonds. The van der Waals surface area contributed by atoms with Crippen molar-refractivity contribution in [2.24, 2.45) is 5.73 Å². The molecular weight excluding hydrogens is 330 g/mol. The lowest BCUT2D eigenvalue weighted by Crippen LogP contribution is -2.29. The van der Waals surface area contributed by atoms with Gasteiger partial charge in [0.1, 0.15) is 17.8 Å². The Bertz CT molecular complexity index is 721. The quantitative estimate of drug-likeness (QED) is 0.609. The molecule has 0 spiro atoms. The molecule has 1 fully saturated rings. The van der Waals surface area contributed by atoms with Crippen LogP contribution in [0.2, 0.25) is 0 Å². The number of aldehydes is 1. The fraction of sp³-hybridized carbons (Fsp3) is 0.350. The maximum absolute atomic E-state index is 10.0. The first-order chi connectivity index (χ1) is 12.6. The van der Waals surface area contributed by atoms with E-state index in [9.17, 15) is 9.90 Å². The number of carbonyl (C=O) groups is 1. The highest BCUT2D eigenvalue weighted by Gasteiger charge is 2.21. The van der Waals surface area contributed by atoms with Crippen LogP contribution < -0.4 is 16.0 Å². The smallest absolute Gasteiger partial charge is 0.124 e. The van der Waals surface area contributed by atoms with Gasteiger partial charge in [-0.15, -0.1) is 0 Å². The van der Waals surface area contributed by atoms with E-state index in [-0.39, 0.29) is 12.2 Å². The standard InChI is InChI=1S/C12H19N3O.C8H8O2/c1-14-10-4-5-15(8-10)11-3-2-9(7-13)12(16)6-11;9-6-5-7-3-1-2-4-8(7)10/h2-3,6,10,14,16H,4-5,7-8,13H2,1H3;1-4,6,10H,5H2/t10-;/m1./s1. The summed E-state index contributed by atoms with van der Waals surface area (Å²) in [7, 11) is 1.99. The highest BCUT2D eigenvalue weighted by atomic mass is 16.3. The van der Waals surface area contributed by atoms with Crippen LogP contribution in [0.1, 0.15) is 17.5 Å². The summed E-state index contributed by atoms with van der Waals surface area (Å²) < 4.78 is 0. The van der Waals surface area contributed by atoms with Crippen LogP contribution in [0.25, 0.3) is 0 Å². The molecule has 0 unspecified atom stereocenters. The van der Waals surface area contributed by atoms with Crippen molar-refractivity contribution in [1.82, 2.24) is 5.32 Å². The minimum atomic E-state index is 0.189. The molecule has 0 radical (unpaired) electrons. The van der Waals surface area contributed by atoms with Gasteiger partial charge in [0.25, 0.3) is 0 Å². The molecule has 3 rings (SSSR count). The van der Waals surface area contributed by atoms with Gasteiger partial charge in [-0.05, 0) is 25.6 Å². The lowest BCUT2D eigenvalue weighted by Gasteiger charge is -2.19. The third-order valence-corrected chi connectivity index (χ3v) is 4.55. The van der Waals surface area contributed by atoms with Crippen LogP contribution in [0.15, 0.2) is 42.5 Å². The number of benzene rings is 2. The average Bonchev–Trinajstić information content (AvgIpc) is 3.13. The van der Waals surface area contributed by atoms with Gasteiger partial charge in [-0.1, -0.05) is 24.3 Å². The molecule has 0 bridgehead atoms. The van der Waals surface area contributed by atoms with E-state index >= 15 is 0 Å². The van der Waals surface area contributed by atoms with E-state index < -0.39 is 0 Å². The molecule has 140 valence electrons. The van der Waals surface area contributed by atoms with E-state index in [1.807, 2.05) is 19.2 Å². The maximum Gasteiger partial charge on any atom is 0.124 e. The Morgan fingerprint density at radius 3 is 2.54 bits per heavy atom. The van der Waals surface area contributed by atoms with Crippen molar-refractivity contribution < 1.29 is 15.0 Å². The number of para-hydroxylation sites is 1. The van der Waals surface area contributed by atoms with Gasteiger partial charge in [0, 0.05) is 55.0 Å². The highest BCUT2D eigenvalue weighted by Crippen LogP contribution is 2.26. The Morgan fingerprint density at radius 2 is 1.96 bits per heavy atom. The second-order valence-electron chi connectivity index (χ2n) is 6.24. The highest BCUT2D eigenvalue weighted by molar-refractivity contribution is 5.57. The van der Waals surface area contributed by atoms with Gasteiger partial charge in [0.2, 0.25) is 0 Å². The van der Waals surface area contributed by atoms with Crippen molar-refractivity contribution in [3.05, 3.63) is 53.6 Å². The Morgan fingerprint density at radius 1 is 1.19 bits per heavy atom. The fourth-order valence-corrected chi connectivity index (χ4v) is 2.93. The van der Waals surface area contributed by atoms with E-state index in [2.05, 4.69) is 10.2 Å². The van der Waals surface area contributed by atoms with Gasteiger partial charge >= 0.3 is 0 Å². The van der Waals surface area contributed by atoms with Crippen LogP contribution in [0.5, 0.6) is 11.5 Å². The maximum atomic E-state index is 10.0. The summed E-state index contributed by atoms with van der Waals surface area (Å²) in [5.41, 5.74) is 8.07. The summed E-state index contributed by atoms with van der Waals surface area (Å²) in [5.74, 6) is 0.488. The summed E-state index contributed by atoms with van der Waals surface area (Å²) in [4.78, 5) is 12.3. The van der Waals surface area contributed by atoms with E-state index in [0.717, 1.165) is 37.0 Å². The number of carbonyl (C=O) groups excluding carboxylic acids is 1. The van der Waals surface area contributed by atoms with Crippen LogP contribution in [0, 0.1) is 0 Å². The molecule has 26 heavy (non-hydrogen) atoms. The Kier molecular flexibility index (Phi) is 7.44. The monoisotopic (exact) mass is 357 g/mol. The third-order valence-electron chi connectivity index (χ3n) is 4.55. The van der Waals surface area contributed by atoms with Gasteiger partial charge in [-0.3, -0.25) is 0 Å². The number of nitrogens with zero attached hydrogens (tertiary/aromatic N) is 1. The molecule has 1 atom stereocenters. The molecule has 0 aliphatic carbocycles. The second kappa shape index (κ2) is 9.79. The van der Waals surface area contributed by atoms with E-state index in [1.165, 1.54) is 0 Å². The van der Waals surface area contributed by atoms with Crippen LogP contribution in [0.3, 0.4) is 0 Å². The average molecular weight is 357 g/mol. The lowest BCUT2D eigenvalue weighted by molar-refractivity contribution is -0.107. The normalized spacial score (nSPS) is 16.1. The van der Waals surface area contributed by atoms with Crippen molar-refractivity contribution >= 4 is 12.0 Å². The summed E-state index contributed by atoms with van der Waals surface area (Å²) in [6.45, 7) is 2.41. The zero-order valence-corrected chi connectivity index (χ0v) is 15.1. The van der Waals surface area contributed by atoms with Crippen LogP contribution in [0.4, 0.5) is 5.69 Å². The lowest BCUT2D eigenvalue weighted by atomic mass is 10.1. The molecule has 6 nitrogen and oxygen atoms in total. The molecule has 0 saturated carbocycles. The topological polar surface area (TPSA) is 98.8 Å². The van der Waals surface area contributed by atoms with Crippen LogP contribution in [-0.2, 0) is 17.8 Å². The molecule has 1 heterocycles. The van der Waals surface area contributed by atoms with E-state index in [0.29, 0.717) is 23.9 Å². The second-order valence-corrected chi connectivity index (χ2v) is 6.24. The number of aromatic hydroxyl groups is 2. The molecule has 5 N–H and O–H groups in total. The van der Waals surface area contributed by atoms with Crippen molar-refractivity contribution in [3.63, 3.8) is 0 Å². The SMILES string of the molecule is CN[C@@H]1CCN(c2ccc(CN)c(O)c2)C1.O=CCc1ccccc1O. The number of nitrogens with one attached hydrogen (secondary N) is 1. The number of anilines is 1. The Hall–Kier alpha value is -2.57. The van der Waals surface area contributed by atoms with Gasteiger partial charge in [-0.25, -0.2) is 0 Å².